The van der Waals surface area contributed by atoms with Crippen molar-refractivity contribution in [2.45, 2.75) is 24.7 Å². The van der Waals surface area contributed by atoms with Crippen molar-refractivity contribution in [1.29, 1.82) is 0 Å². The van der Waals surface area contributed by atoms with Crippen molar-refractivity contribution >= 4 is 27.8 Å². The van der Waals surface area contributed by atoms with Crippen LogP contribution in [0.5, 0.6) is 0 Å². The molecule has 6 nitrogen and oxygen atoms in total. The number of aliphatic hydroxyl groups excluding tert-OH is 1. The summed E-state index contributed by atoms with van der Waals surface area (Å²) >= 11 is 0. The summed E-state index contributed by atoms with van der Waals surface area (Å²) in [6.45, 7) is 0.525. The summed E-state index contributed by atoms with van der Waals surface area (Å²) in [4.78, 5) is 23.0. The van der Waals surface area contributed by atoms with Gasteiger partial charge in [0.05, 0.1) is 4.90 Å². The molecule has 1 aromatic carbocycles. The number of carbonyl (C=O) groups excluding carboxylic acids is 2. The Labute approximate surface area is 140 Å². The van der Waals surface area contributed by atoms with E-state index in [1.165, 1.54) is 12.1 Å². The van der Waals surface area contributed by atoms with Crippen molar-refractivity contribution < 1.29 is 27.3 Å². The predicted molar refractivity (Wildman–Crippen MR) is 85.5 cm³/mol. The van der Waals surface area contributed by atoms with Gasteiger partial charge in [-0.1, -0.05) is 19.1 Å². The first-order valence-corrected chi connectivity index (χ1v) is 9.07. The summed E-state index contributed by atoms with van der Waals surface area (Å²) < 4.78 is 28.4. The van der Waals surface area contributed by atoms with Gasteiger partial charge in [0.25, 0.3) is 10.1 Å². The molecule has 2 aliphatic carbocycles. The summed E-state index contributed by atoms with van der Waals surface area (Å²) in [5, 5.41) is 8.58. The van der Waals surface area contributed by atoms with Crippen molar-refractivity contribution in [3.8, 4) is 0 Å². The molecule has 0 radical (unpaired) electrons. The molecule has 128 valence electrons. The largest absolute Gasteiger partial charge is 0.388 e. The van der Waals surface area contributed by atoms with E-state index < -0.39 is 29.1 Å². The predicted octanol–water partition coefficient (Wildman–Crippen LogP) is 1.34. The molecule has 1 N–H and O–H groups in total. The zero-order valence-corrected chi connectivity index (χ0v) is 14.0. The lowest BCUT2D eigenvalue weighted by Gasteiger charge is -2.56. The highest BCUT2D eigenvalue weighted by Gasteiger charge is 2.60. The number of rotatable bonds is 6. The van der Waals surface area contributed by atoms with E-state index in [0.29, 0.717) is 5.92 Å². The first-order valence-electron chi connectivity index (χ1n) is 7.66. The summed E-state index contributed by atoms with van der Waals surface area (Å²) in [6.07, 6.45) is 3.77. The number of fused-ring (bicyclic) bond motifs is 1. The minimum atomic E-state index is -4.05. The molecular formula is C17H18O6S. The zero-order chi connectivity index (χ0) is 17.5. The van der Waals surface area contributed by atoms with E-state index in [1.807, 2.05) is 6.92 Å². The molecule has 2 unspecified atom stereocenters. The average molecular weight is 350 g/mol. The van der Waals surface area contributed by atoms with Gasteiger partial charge in [-0.25, -0.2) is 0 Å². The second-order valence-corrected chi connectivity index (χ2v) is 8.04. The average Bonchev–Trinajstić information content (AvgIpc) is 2.57. The number of Topliss-reactive ketones (excluding diaryl/α,β-unsaturated/α-hetero) is 2. The van der Waals surface area contributed by atoms with Gasteiger partial charge >= 0.3 is 0 Å². The molecule has 3 rings (SSSR count). The lowest BCUT2D eigenvalue weighted by molar-refractivity contribution is -0.144. The molecule has 0 spiro atoms. The van der Waals surface area contributed by atoms with Crippen LogP contribution in [-0.4, -0.2) is 38.3 Å². The van der Waals surface area contributed by atoms with Gasteiger partial charge in [0, 0.05) is 16.9 Å². The highest BCUT2D eigenvalue weighted by molar-refractivity contribution is 7.86. The van der Waals surface area contributed by atoms with Crippen LogP contribution in [0.3, 0.4) is 0 Å². The number of allylic oxidation sites excluding steroid dienone is 1. The van der Waals surface area contributed by atoms with E-state index in [0.717, 1.165) is 24.0 Å². The van der Waals surface area contributed by atoms with E-state index in [4.69, 9.17) is 5.11 Å². The Kier molecular flexibility index (Phi) is 4.19. The molecule has 2 aliphatic rings. The fourth-order valence-electron chi connectivity index (χ4n) is 3.24. The molecular weight excluding hydrogens is 332 g/mol. The van der Waals surface area contributed by atoms with E-state index in [2.05, 4.69) is 4.18 Å². The van der Waals surface area contributed by atoms with Crippen LogP contribution < -0.4 is 0 Å². The van der Waals surface area contributed by atoms with Crippen LogP contribution in [0.4, 0.5) is 0 Å². The number of benzene rings is 1. The molecule has 0 heterocycles. The van der Waals surface area contributed by atoms with Crippen LogP contribution in [0.1, 0.15) is 25.3 Å². The lowest BCUT2D eigenvalue weighted by atomic mass is 9.45. The summed E-state index contributed by atoms with van der Waals surface area (Å²) in [6, 6.07) is 5.93. The normalized spacial score (nSPS) is 27.3. The lowest BCUT2D eigenvalue weighted by Crippen LogP contribution is -2.57. The minimum Gasteiger partial charge on any atom is -0.388 e. The monoisotopic (exact) mass is 350 g/mol. The molecule has 0 amide bonds. The summed E-state index contributed by atoms with van der Waals surface area (Å²) in [5.74, 6) is -0.213. The Morgan fingerprint density at radius 2 is 2.04 bits per heavy atom. The maximum absolute atomic E-state index is 12.1. The van der Waals surface area contributed by atoms with Crippen LogP contribution in [0.2, 0.25) is 0 Å². The molecule has 0 bridgehead atoms. The third-order valence-corrected chi connectivity index (χ3v) is 6.20. The molecule has 1 aromatic rings. The van der Waals surface area contributed by atoms with Gasteiger partial charge in [-0.2, -0.15) is 8.42 Å². The topological polar surface area (TPSA) is 97.7 Å². The fourth-order valence-corrected chi connectivity index (χ4v) is 4.13. The Hall–Kier alpha value is -1.83. The maximum atomic E-state index is 12.1. The molecule has 0 aliphatic heterocycles. The Morgan fingerprint density at radius 3 is 2.54 bits per heavy atom. The van der Waals surface area contributed by atoms with E-state index in [1.54, 1.807) is 18.2 Å². The van der Waals surface area contributed by atoms with Gasteiger partial charge in [-0.3, -0.25) is 13.8 Å². The van der Waals surface area contributed by atoms with Crippen molar-refractivity contribution in [3.05, 3.63) is 35.4 Å². The van der Waals surface area contributed by atoms with Crippen LogP contribution >= 0.6 is 0 Å². The quantitative estimate of drug-likeness (QED) is 0.614. The molecule has 0 aromatic heterocycles. The second-order valence-electron chi connectivity index (χ2n) is 6.42. The third-order valence-electron chi connectivity index (χ3n) is 4.92. The van der Waals surface area contributed by atoms with Crippen LogP contribution in [0.15, 0.2) is 34.7 Å². The number of ketones is 2. The molecule has 2 saturated carbocycles. The van der Waals surface area contributed by atoms with Gasteiger partial charge in [0.2, 0.25) is 0 Å². The highest BCUT2D eigenvalue weighted by atomic mass is 32.2. The Balaban J connectivity index is 1.72. The van der Waals surface area contributed by atoms with Gasteiger partial charge in [-0.15, -0.1) is 0 Å². The van der Waals surface area contributed by atoms with Crippen molar-refractivity contribution in [1.82, 2.24) is 0 Å². The van der Waals surface area contributed by atoms with Crippen LogP contribution in [0.25, 0.3) is 6.08 Å². The molecule has 0 saturated heterocycles. The number of hydrogen-bond donors (Lipinski definition) is 1. The van der Waals surface area contributed by atoms with E-state index in [9.17, 15) is 18.0 Å². The Morgan fingerprint density at radius 1 is 1.38 bits per heavy atom. The minimum absolute atomic E-state index is 0.0798. The highest BCUT2D eigenvalue weighted by Crippen LogP contribution is 2.61. The fraction of sp³-hybridized carbons (Fsp3) is 0.412. The molecule has 7 heteroatoms. The van der Waals surface area contributed by atoms with Crippen molar-refractivity contribution in [3.63, 3.8) is 0 Å². The second kappa shape index (κ2) is 5.91. The molecule has 2 fully saturated rings. The first kappa shape index (κ1) is 17.0. The molecule has 24 heavy (non-hydrogen) atoms. The van der Waals surface area contributed by atoms with Crippen molar-refractivity contribution in [2.75, 3.05) is 13.2 Å². The Bertz CT molecular complexity index is 821. The van der Waals surface area contributed by atoms with Crippen molar-refractivity contribution in [2.24, 2.45) is 11.3 Å². The van der Waals surface area contributed by atoms with Gasteiger partial charge < -0.3 is 5.11 Å². The number of carbonyl (C=O) groups is 2. The van der Waals surface area contributed by atoms with Crippen LogP contribution in [0, 0.1) is 11.3 Å². The maximum Gasteiger partial charge on any atom is 0.297 e. The van der Waals surface area contributed by atoms with Crippen LogP contribution in [-0.2, 0) is 23.9 Å². The third kappa shape index (κ3) is 2.72. The van der Waals surface area contributed by atoms with E-state index in [-0.39, 0.29) is 16.1 Å². The zero-order valence-electron chi connectivity index (χ0n) is 13.2. The van der Waals surface area contributed by atoms with Gasteiger partial charge in [-0.05, 0) is 36.6 Å². The standard InChI is InChI=1S/C17H18O6S/c1-17-7-6-15(17)14(16(17)20)8-11-2-4-13(5-3-11)24(21,22)23-10-12(19)9-18/h2-5,8,15,18H,6-7,9-10H2,1H3/b14-8-. The number of aliphatic hydroxyl groups is 1. The van der Waals surface area contributed by atoms with Gasteiger partial charge in [0.15, 0.2) is 11.6 Å². The summed E-state index contributed by atoms with van der Waals surface area (Å²) in [7, 11) is -4.05. The SMILES string of the molecule is CC12CCC1/C(=C/c1ccc(S(=O)(=O)OCC(=O)CO)cc1)C2=O. The number of hydrogen-bond acceptors (Lipinski definition) is 6. The van der Waals surface area contributed by atoms with E-state index >= 15 is 0 Å². The first-order chi connectivity index (χ1) is 11.3. The smallest absolute Gasteiger partial charge is 0.297 e. The van der Waals surface area contributed by atoms with Gasteiger partial charge in [0.1, 0.15) is 13.2 Å². The summed E-state index contributed by atoms with van der Waals surface area (Å²) in [5.41, 5.74) is 1.38. The molecule has 2 atom stereocenters.